The van der Waals surface area contributed by atoms with E-state index >= 15 is 0 Å². The molecule has 3 saturated heterocycles. The molecule has 32 heteroatoms. The first-order chi connectivity index (χ1) is 41.9. The molecule has 502 valence electrons. The molecule has 3 rings (SSSR count). The summed E-state index contributed by atoms with van der Waals surface area (Å²) in [6.07, 6.45) is -8.97. The van der Waals surface area contributed by atoms with Gasteiger partial charge in [0.15, 0.2) is 54.9 Å². The number of hydrogen-bond acceptors (Lipinski definition) is 32. The number of hydrogen-bond donors (Lipinski definition) is 0. The van der Waals surface area contributed by atoms with Crippen LogP contribution in [0.15, 0.2) is 4.99 Å². The molecule has 0 N–H and O–H groups in total. The molecule has 3 aliphatic heterocycles. The number of carbonyl (C=O) groups excluding carboxylic acids is 12. The fourth-order valence-corrected chi connectivity index (χ4v) is 15.1. The molecule has 0 aliphatic carbocycles. The average Bonchev–Trinajstić information content (AvgIpc) is 1.95. The molecule has 0 saturated carbocycles. The number of carbonyl (C=O) groups is 12. The molecular formula is C57H83NO27S4. The molecule has 0 aromatic rings. The van der Waals surface area contributed by atoms with Gasteiger partial charge in [-0.05, 0) is 50.7 Å². The highest BCUT2D eigenvalue weighted by Crippen LogP contribution is 2.43. The van der Waals surface area contributed by atoms with Crippen molar-refractivity contribution in [1.29, 1.82) is 0 Å². The van der Waals surface area contributed by atoms with Crippen LogP contribution in [0.5, 0.6) is 0 Å². The van der Waals surface area contributed by atoms with Crippen molar-refractivity contribution in [3.05, 3.63) is 0 Å². The largest absolute Gasteiger partial charge is 0.465 e. The molecule has 0 spiro atoms. The number of isothiocyanates is 1. The van der Waals surface area contributed by atoms with Crippen LogP contribution in [0.1, 0.15) is 122 Å². The van der Waals surface area contributed by atoms with Crippen molar-refractivity contribution >= 4 is 124 Å². The zero-order valence-electron chi connectivity index (χ0n) is 52.1. The van der Waals surface area contributed by atoms with Crippen molar-refractivity contribution in [2.24, 2.45) is 10.4 Å². The van der Waals surface area contributed by atoms with Crippen molar-refractivity contribution < 1.29 is 129 Å². The molecule has 15 atom stereocenters. The minimum absolute atomic E-state index is 0.0399. The molecule has 28 nitrogen and oxygen atoms in total. The lowest BCUT2D eigenvalue weighted by Gasteiger charge is -2.44. The highest BCUT2D eigenvalue weighted by Gasteiger charge is 2.54. The van der Waals surface area contributed by atoms with E-state index in [1.807, 2.05) is 0 Å². The fourth-order valence-electron chi connectivity index (χ4n) is 10.1. The molecule has 3 aliphatic rings. The Labute approximate surface area is 534 Å². The van der Waals surface area contributed by atoms with E-state index in [1.165, 1.54) is 76.8 Å². The topological polar surface area (TPSA) is 356 Å². The summed E-state index contributed by atoms with van der Waals surface area (Å²) in [4.78, 5) is 152. The fraction of sp³-hybridized carbons (Fsp3) is 0.772. The third-order valence-electron chi connectivity index (χ3n) is 13.3. The summed E-state index contributed by atoms with van der Waals surface area (Å²) in [5, 5.41) is -1.69. The first-order valence-electron chi connectivity index (χ1n) is 28.6. The molecular weight excluding hydrogens is 1260 g/mol. The Morgan fingerprint density at radius 2 is 0.551 bits per heavy atom. The van der Waals surface area contributed by atoms with Crippen molar-refractivity contribution in [2.45, 2.75) is 208 Å². The number of thiocarbonyl (C=S) groups is 1. The average molecular weight is 1340 g/mol. The van der Waals surface area contributed by atoms with Crippen LogP contribution in [0.3, 0.4) is 0 Å². The summed E-state index contributed by atoms with van der Waals surface area (Å²) in [6.45, 7) is 13.3. The Kier molecular flexibility index (Phi) is 34.5. The molecule has 0 aromatic heterocycles. The van der Waals surface area contributed by atoms with Crippen molar-refractivity contribution in [3.63, 3.8) is 0 Å². The normalized spacial score (nSPS) is 26.4. The van der Waals surface area contributed by atoms with Gasteiger partial charge in [0.2, 0.25) is 0 Å². The van der Waals surface area contributed by atoms with E-state index in [4.69, 9.17) is 83.3 Å². The van der Waals surface area contributed by atoms with Crippen molar-refractivity contribution in [2.75, 3.05) is 66.0 Å². The molecule has 0 amide bonds. The van der Waals surface area contributed by atoms with Crippen LogP contribution in [0.4, 0.5) is 0 Å². The van der Waals surface area contributed by atoms with Gasteiger partial charge in [-0.1, -0.05) is 0 Å². The van der Waals surface area contributed by atoms with Gasteiger partial charge >= 0.3 is 71.6 Å². The number of thioether (sulfide) groups is 3. The minimum atomic E-state index is -1.28. The number of esters is 12. The molecule has 0 radical (unpaired) electrons. The van der Waals surface area contributed by atoms with E-state index in [0.29, 0.717) is 19.3 Å². The Morgan fingerprint density at radius 1 is 0.337 bits per heavy atom. The summed E-state index contributed by atoms with van der Waals surface area (Å²) < 4.78 is 86.1. The third kappa shape index (κ3) is 28.2. The van der Waals surface area contributed by atoms with Gasteiger partial charge in [-0.25, -0.2) is 4.99 Å². The Balaban J connectivity index is 1.97. The number of aliphatic imine (C=N–C) groups is 1. The Morgan fingerprint density at radius 3 is 0.753 bits per heavy atom. The summed E-state index contributed by atoms with van der Waals surface area (Å²) in [5.41, 5.74) is -1.10. The molecule has 89 heavy (non-hydrogen) atoms. The lowest BCUT2D eigenvalue weighted by molar-refractivity contribution is -0.186. The molecule has 3 heterocycles. The molecule has 0 aromatic carbocycles. The van der Waals surface area contributed by atoms with E-state index in [2.05, 4.69) is 10.2 Å². The molecule has 0 bridgehead atoms. The molecule has 3 fully saturated rings. The standard InChI is InChI=1S/C57H83NO27S4/c1-30(59)74-22-45-51(80-36(7)65)54(83-39(10)68)48(77-33(4)62)42(87-45)16-13-19-71-26-57(25-58-29-86,27-72-20-14-17-43-49(78-34(5)63)55(84-40(11)69)52(81-37(8)66)46(88-43)23-75-31(2)60)28-73-21-15-18-44-50(79-35(6)64)56(85-41(12)70)53(82-38(9)67)47(89-44)24-76-32(3)61/h42-56H,13-28H2,1-12H3/t42-,43-,44-,45+,46+,47+,48-,49-,50-,51+,52+,53+,54+,55+,56+/m0/s1. The maximum atomic E-state index is 12.6. The van der Waals surface area contributed by atoms with E-state index in [1.54, 1.807) is 0 Å². The van der Waals surface area contributed by atoms with Crippen LogP contribution < -0.4 is 0 Å². The third-order valence-corrected chi connectivity index (χ3v) is 18.2. The van der Waals surface area contributed by atoms with Crippen LogP contribution >= 0.6 is 47.5 Å². The minimum Gasteiger partial charge on any atom is -0.465 e. The first-order valence-corrected chi connectivity index (χ1v) is 31.9. The van der Waals surface area contributed by atoms with Gasteiger partial charge in [0.25, 0.3) is 0 Å². The smallest absolute Gasteiger partial charge is 0.303 e. The van der Waals surface area contributed by atoms with Crippen molar-refractivity contribution in [3.8, 4) is 0 Å². The summed E-state index contributed by atoms with van der Waals surface area (Å²) in [6, 6.07) is 0. The van der Waals surface area contributed by atoms with Gasteiger partial charge in [-0.3, -0.25) is 57.5 Å². The highest BCUT2D eigenvalue weighted by molar-refractivity contribution is 8.01. The Bertz CT molecular complexity index is 2230. The second kappa shape index (κ2) is 39.6. The zero-order valence-corrected chi connectivity index (χ0v) is 55.3. The van der Waals surface area contributed by atoms with Crippen LogP contribution in [0.25, 0.3) is 0 Å². The predicted molar refractivity (Wildman–Crippen MR) is 318 cm³/mol. The number of ether oxygens (including phenoxy) is 15. The van der Waals surface area contributed by atoms with Gasteiger partial charge in [0.1, 0.15) is 19.8 Å². The summed E-state index contributed by atoms with van der Waals surface area (Å²) in [5.74, 6) is -8.35. The van der Waals surface area contributed by atoms with Crippen molar-refractivity contribution in [1.82, 2.24) is 0 Å². The number of nitrogens with zero attached hydrogens (tertiary/aromatic N) is 1. The van der Waals surface area contributed by atoms with Gasteiger partial charge in [0, 0.05) is 119 Å². The van der Waals surface area contributed by atoms with Crippen LogP contribution in [-0.4, -0.2) is 229 Å². The monoisotopic (exact) mass is 1340 g/mol. The lowest BCUT2D eigenvalue weighted by atomic mass is 9.91. The van der Waals surface area contributed by atoms with Crippen LogP contribution in [-0.2, 0) is 129 Å². The summed E-state index contributed by atoms with van der Waals surface area (Å²) in [7, 11) is 0. The predicted octanol–water partition coefficient (Wildman–Crippen LogP) is 3.99. The van der Waals surface area contributed by atoms with Gasteiger partial charge < -0.3 is 71.1 Å². The zero-order chi connectivity index (χ0) is 66.5. The van der Waals surface area contributed by atoms with Crippen LogP contribution in [0, 0.1) is 5.41 Å². The highest BCUT2D eigenvalue weighted by atomic mass is 32.2. The molecule has 0 unspecified atom stereocenters. The maximum absolute atomic E-state index is 12.6. The lowest BCUT2D eigenvalue weighted by Crippen LogP contribution is -2.58. The van der Waals surface area contributed by atoms with E-state index < -0.39 is 163 Å². The summed E-state index contributed by atoms with van der Waals surface area (Å²) >= 11 is 8.71. The van der Waals surface area contributed by atoms with E-state index in [9.17, 15) is 57.5 Å². The van der Waals surface area contributed by atoms with Gasteiger partial charge in [0.05, 0.1) is 52.7 Å². The maximum Gasteiger partial charge on any atom is 0.303 e. The van der Waals surface area contributed by atoms with Crippen LogP contribution in [0.2, 0.25) is 0 Å². The van der Waals surface area contributed by atoms with E-state index in [-0.39, 0.29) is 85.3 Å². The van der Waals surface area contributed by atoms with Gasteiger partial charge in [-0.2, -0.15) is 0 Å². The second-order valence-electron chi connectivity index (χ2n) is 21.2. The quantitative estimate of drug-likeness (QED) is 0.0284. The SMILES string of the molecule is CC(=O)OC[C@H]1S[C@@H](CCCOCC(CN=C=S)(COCCC[C@@H]2S[C@H](COC(C)=O)[C@@H](OC(C)=O)[C@H](OC(C)=O)[C@H]2OC(C)=O)COCCC[C@@H]2S[C@H](COC(C)=O)[C@@H](OC(C)=O)[C@H](OC(C)=O)[C@H]2OC(C)=O)[C@H](OC(C)=O)[C@@H](OC(C)=O)[C@@H]1OC(C)=O. The Hall–Kier alpha value is -5.63. The van der Waals surface area contributed by atoms with Gasteiger partial charge in [-0.15, -0.1) is 35.3 Å². The first kappa shape index (κ1) is 77.6. The second-order valence-corrected chi connectivity index (χ2v) is 25.8. The van der Waals surface area contributed by atoms with E-state index in [0.717, 1.165) is 41.5 Å². The number of rotatable bonds is 35.